The van der Waals surface area contributed by atoms with Gasteiger partial charge in [-0.25, -0.2) is 9.59 Å². The molecule has 176 valence electrons. The largest absolute Gasteiger partial charge is 0.490 e. The summed E-state index contributed by atoms with van der Waals surface area (Å²) in [5, 5.41) is 6.57. The van der Waals surface area contributed by atoms with Crippen LogP contribution < -0.4 is 20.1 Å². The maximum Gasteiger partial charge on any atom is 0.338 e. The molecule has 2 aromatic carbocycles. The van der Waals surface area contributed by atoms with Crippen LogP contribution >= 0.6 is 23.2 Å². The van der Waals surface area contributed by atoms with E-state index in [0.29, 0.717) is 51.4 Å². The molecular formula is C24H26Cl2N2O5. The van der Waals surface area contributed by atoms with Crippen molar-refractivity contribution in [3.8, 4) is 11.5 Å². The lowest BCUT2D eigenvalue weighted by Crippen LogP contribution is -2.45. The molecule has 0 bridgehead atoms. The van der Waals surface area contributed by atoms with Gasteiger partial charge >= 0.3 is 12.0 Å². The molecule has 0 fully saturated rings. The van der Waals surface area contributed by atoms with Crippen molar-refractivity contribution in [3.05, 3.63) is 68.8 Å². The average Bonchev–Trinajstić information content (AvgIpc) is 2.78. The molecule has 0 saturated carbocycles. The van der Waals surface area contributed by atoms with Crippen LogP contribution in [-0.2, 0) is 16.1 Å². The molecule has 3 rings (SSSR count). The van der Waals surface area contributed by atoms with Gasteiger partial charge in [0.05, 0.1) is 24.8 Å². The smallest absolute Gasteiger partial charge is 0.338 e. The van der Waals surface area contributed by atoms with E-state index < -0.39 is 12.0 Å². The molecule has 1 unspecified atom stereocenters. The fourth-order valence-electron chi connectivity index (χ4n) is 3.48. The van der Waals surface area contributed by atoms with Crippen LogP contribution in [0.1, 0.15) is 44.4 Å². The Morgan fingerprint density at radius 2 is 1.79 bits per heavy atom. The van der Waals surface area contributed by atoms with Crippen molar-refractivity contribution in [2.24, 2.45) is 0 Å². The highest BCUT2D eigenvalue weighted by atomic mass is 35.5. The highest BCUT2D eigenvalue weighted by Crippen LogP contribution is 2.36. The number of esters is 1. The molecule has 1 aliphatic heterocycles. The SMILES string of the molecule is CCOC(=O)C1=C(CC)NC(=O)NC1c1ccc(OCc2ccc(Cl)cc2Cl)c(OCC)c1. The second-order valence-electron chi connectivity index (χ2n) is 7.16. The molecule has 7 nitrogen and oxygen atoms in total. The van der Waals surface area contributed by atoms with Crippen molar-refractivity contribution in [1.82, 2.24) is 10.6 Å². The first-order valence-electron chi connectivity index (χ1n) is 10.7. The van der Waals surface area contributed by atoms with Gasteiger partial charge in [0.2, 0.25) is 0 Å². The number of amides is 2. The Labute approximate surface area is 203 Å². The number of benzene rings is 2. The Balaban J connectivity index is 1.93. The van der Waals surface area contributed by atoms with Gasteiger partial charge in [-0.1, -0.05) is 42.3 Å². The summed E-state index contributed by atoms with van der Waals surface area (Å²) in [5.74, 6) is 0.501. The Hall–Kier alpha value is -2.90. The second kappa shape index (κ2) is 11.3. The summed E-state index contributed by atoms with van der Waals surface area (Å²) in [6.45, 7) is 6.30. The number of hydrogen-bond donors (Lipinski definition) is 2. The van der Waals surface area contributed by atoms with Gasteiger partial charge in [-0.2, -0.15) is 0 Å². The first-order valence-corrected chi connectivity index (χ1v) is 11.4. The van der Waals surface area contributed by atoms with Gasteiger partial charge in [-0.15, -0.1) is 0 Å². The van der Waals surface area contributed by atoms with Gasteiger partial charge in [0.25, 0.3) is 0 Å². The van der Waals surface area contributed by atoms with E-state index in [0.717, 1.165) is 5.56 Å². The van der Waals surface area contributed by atoms with Crippen molar-refractivity contribution in [1.29, 1.82) is 0 Å². The fraction of sp³-hybridized carbons (Fsp3) is 0.333. The molecule has 33 heavy (non-hydrogen) atoms. The zero-order valence-electron chi connectivity index (χ0n) is 18.7. The molecule has 2 N–H and O–H groups in total. The van der Waals surface area contributed by atoms with Crippen LogP contribution in [0.5, 0.6) is 11.5 Å². The summed E-state index contributed by atoms with van der Waals surface area (Å²) in [5.41, 5.74) is 2.33. The number of urea groups is 1. The van der Waals surface area contributed by atoms with E-state index in [1.54, 1.807) is 43.3 Å². The number of allylic oxidation sites excluding steroid dienone is 1. The van der Waals surface area contributed by atoms with Crippen molar-refractivity contribution in [2.75, 3.05) is 13.2 Å². The highest BCUT2D eigenvalue weighted by Gasteiger charge is 2.33. The number of carbonyl (C=O) groups excluding carboxylic acids is 2. The number of ether oxygens (including phenoxy) is 3. The monoisotopic (exact) mass is 492 g/mol. The van der Waals surface area contributed by atoms with E-state index in [-0.39, 0.29) is 19.2 Å². The van der Waals surface area contributed by atoms with Crippen LogP contribution in [0.15, 0.2) is 47.7 Å². The van der Waals surface area contributed by atoms with Crippen LogP contribution in [0.4, 0.5) is 4.79 Å². The lowest BCUT2D eigenvalue weighted by atomic mass is 9.94. The molecule has 1 atom stereocenters. The maximum absolute atomic E-state index is 12.7. The number of carbonyl (C=O) groups is 2. The van der Waals surface area contributed by atoms with Crippen molar-refractivity contribution in [3.63, 3.8) is 0 Å². The molecule has 1 aliphatic rings. The molecule has 0 aromatic heterocycles. The lowest BCUT2D eigenvalue weighted by molar-refractivity contribution is -0.139. The van der Waals surface area contributed by atoms with E-state index in [9.17, 15) is 9.59 Å². The first-order chi connectivity index (χ1) is 15.9. The van der Waals surface area contributed by atoms with E-state index >= 15 is 0 Å². The summed E-state index contributed by atoms with van der Waals surface area (Å²) < 4.78 is 17.0. The van der Waals surface area contributed by atoms with E-state index in [1.807, 2.05) is 13.8 Å². The van der Waals surface area contributed by atoms with E-state index in [1.165, 1.54) is 0 Å². The number of rotatable bonds is 9. The molecule has 9 heteroatoms. The molecule has 0 aliphatic carbocycles. The van der Waals surface area contributed by atoms with Gasteiger partial charge in [0, 0.05) is 21.3 Å². The van der Waals surface area contributed by atoms with Gasteiger partial charge in [-0.3, -0.25) is 0 Å². The molecule has 0 radical (unpaired) electrons. The third-order valence-electron chi connectivity index (χ3n) is 5.00. The minimum atomic E-state index is -0.688. The van der Waals surface area contributed by atoms with Crippen molar-refractivity contribution >= 4 is 35.2 Å². The third kappa shape index (κ3) is 5.92. The zero-order chi connectivity index (χ0) is 24.0. The Morgan fingerprint density at radius 1 is 1.00 bits per heavy atom. The van der Waals surface area contributed by atoms with Gasteiger partial charge in [-0.05, 0) is 50.1 Å². The molecule has 0 spiro atoms. The lowest BCUT2D eigenvalue weighted by Gasteiger charge is -2.29. The summed E-state index contributed by atoms with van der Waals surface area (Å²) in [6.07, 6.45) is 0.472. The Kier molecular flexibility index (Phi) is 8.47. The Morgan fingerprint density at radius 3 is 2.45 bits per heavy atom. The molecular weight excluding hydrogens is 467 g/mol. The summed E-state index contributed by atoms with van der Waals surface area (Å²) in [7, 11) is 0. The van der Waals surface area contributed by atoms with Crippen LogP contribution in [0.3, 0.4) is 0 Å². The number of hydrogen-bond acceptors (Lipinski definition) is 5. The van der Waals surface area contributed by atoms with Crippen molar-refractivity contribution in [2.45, 2.75) is 39.8 Å². The molecule has 0 saturated heterocycles. The topological polar surface area (TPSA) is 85.9 Å². The first kappa shape index (κ1) is 24.7. The minimum Gasteiger partial charge on any atom is -0.490 e. The van der Waals surface area contributed by atoms with Crippen LogP contribution in [0, 0.1) is 0 Å². The molecule has 1 heterocycles. The number of halogens is 2. The normalized spacial score (nSPS) is 15.5. The summed E-state index contributed by atoms with van der Waals surface area (Å²) in [4.78, 5) is 24.9. The fourth-order valence-corrected chi connectivity index (χ4v) is 3.95. The second-order valence-corrected chi connectivity index (χ2v) is 8.00. The zero-order valence-corrected chi connectivity index (χ0v) is 20.2. The standard InChI is InChI=1S/C24H26Cl2N2O5/c1-4-18-21(23(29)32-6-3)22(28-24(30)27-18)14-8-10-19(20(11-14)31-5-2)33-13-15-7-9-16(25)12-17(15)26/h7-12,22H,4-6,13H2,1-3H3,(H2,27,28,30). The van der Waals surface area contributed by atoms with Crippen LogP contribution in [0.2, 0.25) is 10.0 Å². The number of nitrogens with one attached hydrogen (secondary N) is 2. The maximum atomic E-state index is 12.7. The van der Waals surface area contributed by atoms with E-state index in [2.05, 4.69) is 10.6 Å². The summed E-state index contributed by atoms with van der Waals surface area (Å²) >= 11 is 12.2. The quantitative estimate of drug-likeness (QED) is 0.448. The predicted octanol–water partition coefficient (Wildman–Crippen LogP) is 5.55. The highest BCUT2D eigenvalue weighted by molar-refractivity contribution is 6.35. The minimum absolute atomic E-state index is 0.216. The van der Waals surface area contributed by atoms with Crippen LogP contribution in [0.25, 0.3) is 0 Å². The van der Waals surface area contributed by atoms with E-state index in [4.69, 9.17) is 37.4 Å². The van der Waals surface area contributed by atoms with Crippen LogP contribution in [-0.4, -0.2) is 25.2 Å². The van der Waals surface area contributed by atoms with Gasteiger partial charge < -0.3 is 24.8 Å². The average molecular weight is 493 g/mol. The Bertz CT molecular complexity index is 1070. The molecule has 2 aromatic rings. The van der Waals surface area contributed by atoms with Gasteiger partial charge in [0.1, 0.15) is 6.61 Å². The molecule has 2 amide bonds. The third-order valence-corrected chi connectivity index (χ3v) is 5.59. The van der Waals surface area contributed by atoms with Crippen molar-refractivity contribution < 1.29 is 23.8 Å². The summed E-state index contributed by atoms with van der Waals surface area (Å²) in [6, 6.07) is 9.40. The van der Waals surface area contributed by atoms with Gasteiger partial charge in [0.15, 0.2) is 11.5 Å². The predicted molar refractivity (Wildman–Crippen MR) is 127 cm³/mol.